The first-order chi connectivity index (χ1) is 14.7. The highest BCUT2D eigenvalue weighted by Crippen LogP contribution is 2.20. The topological polar surface area (TPSA) is 56.9 Å². The van der Waals surface area contributed by atoms with Crippen molar-refractivity contribution < 1.29 is 18.7 Å². The predicted octanol–water partition coefficient (Wildman–Crippen LogP) is 3.57. The van der Waals surface area contributed by atoms with E-state index in [0.717, 1.165) is 44.5 Å². The fraction of sp³-hybridized carbons (Fsp3) is 0.480. The first kappa shape index (κ1) is 23.1. The molecule has 5 nitrogen and oxygen atoms in total. The van der Waals surface area contributed by atoms with Crippen LogP contribution in [0, 0.1) is 23.6 Å². The molecule has 0 bridgehead atoms. The average molecular weight is 427 g/mol. The monoisotopic (exact) mass is 426 g/mol. The van der Waals surface area contributed by atoms with E-state index in [0.29, 0.717) is 18.2 Å². The van der Waals surface area contributed by atoms with Crippen molar-refractivity contribution in [3.63, 3.8) is 0 Å². The van der Waals surface area contributed by atoms with Crippen LogP contribution < -0.4 is 0 Å². The molecule has 1 aliphatic rings. The van der Waals surface area contributed by atoms with Crippen molar-refractivity contribution >= 4 is 5.91 Å². The van der Waals surface area contributed by atoms with Gasteiger partial charge in [0.25, 0.3) is 5.91 Å². The van der Waals surface area contributed by atoms with Crippen LogP contribution >= 0.6 is 0 Å². The molecule has 2 aromatic rings. The van der Waals surface area contributed by atoms with Gasteiger partial charge in [-0.25, -0.2) is 4.39 Å². The normalized spacial score (nSPS) is 15.4. The number of likely N-dealkylation sites (tertiary alicyclic amines) is 1. The third-order valence-corrected chi connectivity index (χ3v) is 5.52. The molecule has 1 N–H and O–H groups in total. The van der Waals surface area contributed by atoms with E-state index in [1.807, 2.05) is 12.1 Å². The van der Waals surface area contributed by atoms with Crippen LogP contribution in [0.15, 0.2) is 40.8 Å². The van der Waals surface area contributed by atoms with E-state index in [1.165, 1.54) is 12.1 Å². The molecule has 1 fully saturated rings. The molecular weight excluding hydrogens is 395 g/mol. The van der Waals surface area contributed by atoms with Crippen molar-refractivity contribution in [1.82, 2.24) is 9.80 Å². The van der Waals surface area contributed by atoms with E-state index in [4.69, 9.17) is 4.42 Å². The summed E-state index contributed by atoms with van der Waals surface area (Å²) < 4.78 is 18.6. The summed E-state index contributed by atoms with van der Waals surface area (Å²) in [5, 5.41) is 9.68. The minimum absolute atomic E-state index is 0.157. The van der Waals surface area contributed by atoms with Gasteiger partial charge in [0.15, 0.2) is 11.5 Å². The molecule has 166 valence electrons. The van der Waals surface area contributed by atoms with E-state index in [2.05, 4.69) is 16.7 Å². The lowest BCUT2D eigenvalue weighted by Gasteiger charge is -2.33. The van der Waals surface area contributed by atoms with Gasteiger partial charge in [-0.05, 0) is 87.9 Å². The molecule has 0 unspecified atom stereocenters. The predicted molar refractivity (Wildman–Crippen MR) is 118 cm³/mol. The first-order valence-corrected chi connectivity index (χ1v) is 10.8. The first-order valence-electron chi connectivity index (χ1n) is 10.8. The van der Waals surface area contributed by atoms with Gasteiger partial charge in [0, 0.05) is 20.1 Å². The third kappa shape index (κ3) is 7.23. The largest absolute Gasteiger partial charge is 0.443 e. The van der Waals surface area contributed by atoms with Gasteiger partial charge in [-0.15, -0.1) is 0 Å². The lowest BCUT2D eigenvalue weighted by atomic mass is 9.96. The number of furan rings is 1. The number of carbonyl (C=O) groups is 1. The highest BCUT2D eigenvalue weighted by molar-refractivity contribution is 5.91. The molecule has 0 atom stereocenters. The molecule has 31 heavy (non-hydrogen) atoms. The van der Waals surface area contributed by atoms with Gasteiger partial charge in [0.05, 0.1) is 0 Å². The number of benzene rings is 1. The van der Waals surface area contributed by atoms with Crippen molar-refractivity contribution in [3.05, 3.63) is 59.3 Å². The van der Waals surface area contributed by atoms with Crippen LogP contribution in [0.4, 0.5) is 4.39 Å². The lowest BCUT2D eigenvalue weighted by Crippen LogP contribution is -2.40. The Morgan fingerprint density at radius 1 is 1.23 bits per heavy atom. The standard InChI is InChI=1S/C25H31FN2O3/c1-25(2,30)14-10-22-8-9-23(31-22)24(29)27(3)18-20-12-16-28(17-13-20)15-11-19-4-6-21(26)7-5-19/h4-9,20,30H,11-13,15-18H2,1-3H3. The van der Waals surface area contributed by atoms with Crippen molar-refractivity contribution in [2.24, 2.45) is 5.92 Å². The summed E-state index contributed by atoms with van der Waals surface area (Å²) in [4.78, 5) is 16.8. The van der Waals surface area contributed by atoms with E-state index < -0.39 is 5.60 Å². The molecule has 0 saturated carbocycles. The number of nitrogens with zero attached hydrogens (tertiary/aromatic N) is 2. The molecular formula is C25H31FN2O3. The van der Waals surface area contributed by atoms with Crippen LogP contribution in [-0.2, 0) is 6.42 Å². The summed E-state index contributed by atoms with van der Waals surface area (Å²) in [7, 11) is 1.80. The van der Waals surface area contributed by atoms with Crippen molar-refractivity contribution in [2.75, 3.05) is 33.2 Å². The zero-order valence-electron chi connectivity index (χ0n) is 18.5. The number of hydrogen-bond acceptors (Lipinski definition) is 4. The van der Waals surface area contributed by atoms with Crippen LogP contribution in [0.25, 0.3) is 0 Å². The van der Waals surface area contributed by atoms with Crippen LogP contribution in [-0.4, -0.2) is 59.6 Å². The van der Waals surface area contributed by atoms with Crippen LogP contribution in [0.5, 0.6) is 0 Å². The molecule has 1 aliphatic heterocycles. The Balaban J connectivity index is 1.43. The Hall–Kier alpha value is -2.62. The molecule has 1 saturated heterocycles. The highest BCUT2D eigenvalue weighted by atomic mass is 19.1. The Bertz CT molecular complexity index is 926. The van der Waals surface area contributed by atoms with Gasteiger partial charge < -0.3 is 19.3 Å². The molecule has 0 radical (unpaired) electrons. The van der Waals surface area contributed by atoms with Crippen LogP contribution in [0.2, 0.25) is 0 Å². The van der Waals surface area contributed by atoms with E-state index in [1.54, 1.807) is 37.9 Å². The van der Waals surface area contributed by atoms with Gasteiger partial charge in [0.1, 0.15) is 11.4 Å². The van der Waals surface area contributed by atoms with Crippen molar-refractivity contribution in [2.45, 2.75) is 38.7 Å². The average Bonchev–Trinajstić information content (AvgIpc) is 3.21. The molecule has 0 aliphatic carbocycles. The summed E-state index contributed by atoms with van der Waals surface area (Å²) in [6, 6.07) is 10.00. The lowest BCUT2D eigenvalue weighted by molar-refractivity contribution is 0.0709. The van der Waals surface area contributed by atoms with Gasteiger partial charge in [-0.1, -0.05) is 18.1 Å². The molecule has 6 heteroatoms. The van der Waals surface area contributed by atoms with E-state index in [-0.39, 0.29) is 17.5 Å². The third-order valence-electron chi connectivity index (χ3n) is 5.52. The van der Waals surface area contributed by atoms with Crippen LogP contribution in [0.1, 0.15) is 48.6 Å². The minimum atomic E-state index is -1.11. The zero-order valence-corrected chi connectivity index (χ0v) is 18.5. The summed E-state index contributed by atoms with van der Waals surface area (Å²) in [6.45, 7) is 6.86. The minimum Gasteiger partial charge on any atom is -0.443 e. The van der Waals surface area contributed by atoms with Gasteiger partial charge in [-0.2, -0.15) is 0 Å². The van der Waals surface area contributed by atoms with E-state index in [9.17, 15) is 14.3 Å². The van der Waals surface area contributed by atoms with Crippen LogP contribution in [0.3, 0.4) is 0 Å². The molecule has 1 aromatic carbocycles. The summed E-state index contributed by atoms with van der Waals surface area (Å²) in [6.07, 6.45) is 3.00. The summed E-state index contributed by atoms with van der Waals surface area (Å²) in [5.74, 6) is 6.16. The Morgan fingerprint density at radius 3 is 2.55 bits per heavy atom. The second kappa shape index (κ2) is 10.1. The van der Waals surface area contributed by atoms with Crippen molar-refractivity contribution in [1.29, 1.82) is 0 Å². The molecule has 2 heterocycles. The quantitative estimate of drug-likeness (QED) is 0.718. The van der Waals surface area contributed by atoms with Crippen molar-refractivity contribution in [3.8, 4) is 11.8 Å². The summed E-state index contributed by atoms with van der Waals surface area (Å²) >= 11 is 0. The number of aliphatic hydroxyl groups is 1. The number of piperidine rings is 1. The SMILES string of the molecule is CN(CC1CCN(CCc2ccc(F)cc2)CC1)C(=O)c1ccc(C#CC(C)(C)O)o1. The molecule has 3 rings (SSSR count). The maximum atomic E-state index is 13.0. The second-order valence-corrected chi connectivity index (χ2v) is 8.82. The number of amides is 1. The number of rotatable bonds is 6. The van der Waals surface area contributed by atoms with Gasteiger partial charge >= 0.3 is 0 Å². The Labute approximate surface area is 183 Å². The number of hydrogen-bond donors (Lipinski definition) is 1. The van der Waals surface area contributed by atoms with E-state index >= 15 is 0 Å². The Kier molecular flexibility index (Phi) is 7.53. The maximum absolute atomic E-state index is 13.0. The second-order valence-electron chi connectivity index (χ2n) is 8.82. The smallest absolute Gasteiger partial charge is 0.289 e. The maximum Gasteiger partial charge on any atom is 0.289 e. The number of halogens is 1. The fourth-order valence-corrected chi connectivity index (χ4v) is 3.72. The van der Waals surface area contributed by atoms with Gasteiger partial charge in [-0.3, -0.25) is 4.79 Å². The molecule has 1 amide bonds. The Morgan fingerprint density at radius 2 is 1.90 bits per heavy atom. The molecule has 1 aromatic heterocycles. The molecule has 0 spiro atoms. The summed E-state index contributed by atoms with van der Waals surface area (Å²) in [5.41, 5.74) is 0.0423. The zero-order chi connectivity index (χ0) is 22.4. The highest BCUT2D eigenvalue weighted by Gasteiger charge is 2.23. The number of carbonyl (C=O) groups excluding carboxylic acids is 1. The fourth-order valence-electron chi connectivity index (χ4n) is 3.72. The van der Waals surface area contributed by atoms with Gasteiger partial charge in [0.2, 0.25) is 0 Å².